The highest BCUT2D eigenvalue weighted by Crippen LogP contribution is 2.28. The molecule has 0 atom stereocenters. The molecule has 4 rings (SSSR count). The van der Waals surface area contributed by atoms with Crippen molar-refractivity contribution in [3.8, 4) is 28.4 Å². The SMILES string of the molecule is CCCCN(CC(=O)Nc1cc(-c2ccccc2)nn1-c1ccc(C)cc1C)C(=O)Nc1cc(OC)cc(OC)c1. The molecule has 0 unspecified atom stereocenters. The largest absolute Gasteiger partial charge is 0.497 e. The Morgan fingerprint density at radius 2 is 1.61 bits per heavy atom. The molecule has 0 spiro atoms. The second-order valence-corrected chi connectivity index (χ2v) is 9.84. The monoisotopic (exact) mass is 555 g/mol. The van der Waals surface area contributed by atoms with Crippen LogP contribution in [0.1, 0.15) is 30.9 Å². The Balaban J connectivity index is 1.58. The van der Waals surface area contributed by atoms with Gasteiger partial charge in [-0.3, -0.25) is 4.79 Å². The van der Waals surface area contributed by atoms with Crippen molar-refractivity contribution in [3.05, 3.63) is 83.9 Å². The molecule has 0 bridgehead atoms. The van der Waals surface area contributed by atoms with Gasteiger partial charge < -0.3 is 25.0 Å². The summed E-state index contributed by atoms with van der Waals surface area (Å²) in [5.41, 5.74) is 5.20. The maximum Gasteiger partial charge on any atom is 0.322 e. The molecule has 2 N–H and O–H groups in total. The van der Waals surface area contributed by atoms with Crippen molar-refractivity contribution in [1.82, 2.24) is 14.7 Å². The molecule has 0 aliphatic heterocycles. The van der Waals surface area contributed by atoms with E-state index in [-0.39, 0.29) is 12.5 Å². The summed E-state index contributed by atoms with van der Waals surface area (Å²) >= 11 is 0. The molecule has 0 saturated carbocycles. The quantitative estimate of drug-likeness (QED) is 0.222. The van der Waals surface area contributed by atoms with Crippen LogP contribution >= 0.6 is 0 Å². The van der Waals surface area contributed by atoms with Gasteiger partial charge in [0.25, 0.3) is 0 Å². The zero-order chi connectivity index (χ0) is 29.4. The van der Waals surface area contributed by atoms with Gasteiger partial charge in [-0.1, -0.05) is 61.4 Å². The number of ether oxygens (including phenoxy) is 2. The Hall–Kier alpha value is -4.79. The van der Waals surface area contributed by atoms with Gasteiger partial charge in [0.1, 0.15) is 23.9 Å². The van der Waals surface area contributed by atoms with Crippen molar-refractivity contribution >= 4 is 23.4 Å². The summed E-state index contributed by atoms with van der Waals surface area (Å²) < 4.78 is 12.4. The number of rotatable bonds is 11. The van der Waals surface area contributed by atoms with Gasteiger partial charge >= 0.3 is 6.03 Å². The summed E-state index contributed by atoms with van der Waals surface area (Å²) in [6, 6.07) is 22.5. The number of nitrogens with one attached hydrogen (secondary N) is 2. The Labute approximate surface area is 241 Å². The minimum Gasteiger partial charge on any atom is -0.497 e. The number of anilines is 2. The Morgan fingerprint density at radius 1 is 0.902 bits per heavy atom. The minimum absolute atomic E-state index is 0.133. The normalized spacial score (nSPS) is 10.7. The van der Waals surface area contributed by atoms with Crippen LogP contribution in [0.5, 0.6) is 11.5 Å². The predicted molar refractivity (Wildman–Crippen MR) is 162 cm³/mol. The molecule has 0 aliphatic carbocycles. The molecule has 3 aromatic carbocycles. The minimum atomic E-state index is -0.392. The zero-order valence-corrected chi connectivity index (χ0v) is 24.2. The third-order valence-corrected chi connectivity index (χ3v) is 6.63. The predicted octanol–water partition coefficient (Wildman–Crippen LogP) is 6.45. The van der Waals surface area contributed by atoms with Gasteiger partial charge in [-0.2, -0.15) is 5.10 Å². The van der Waals surface area contributed by atoms with Crippen molar-refractivity contribution in [3.63, 3.8) is 0 Å². The average molecular weight is 556 g/mol. The smallest absolute Gasteiger partial charge is 0.322 e. The van der Waals surface area contributed by atoms with Crippen LogP contribution in [0, 0.1) is 13.8 Å². The number of methoxy groups -OCH3 is 2. The van der Waals surface area contributed by atoms with Crippen molar-refractivity contribution in [2.75, 3.05) is 37.9 Å². The number of urea groups is 1. The molecule has 41 heavy (non-hydrogen) atoms. The van der Waals surface area contributed by atoms with E-state index in [0.717, 1.165) is 40.9 Å². The molecule has 4 aromatic rings. The van der Waals surface area contributed by atoms with Crippen molar-refractivity contribution in [1.29, 1.82) is 0 Å². The Morgan fingerprint density at radius 3 is 2.24 bits per heavy atom. The lowest BCUT2D eigenvalue weighted by molar-refractivity contribution is -0.116. The first-order valence-corrected chi connectivity index (χ1v) is 13.6. The summed E-state index contributed by atoms with van der Waals surface area (Å²) in [4.78, 5) is 28.2. The first-order valence-electron chi connectivity index (χ1n) is 13.6. The fourth-order valence-corrected chi connectivity index (χ4v) is 4.49. The number of aromatic nitrogens is 2. The van der Waals surface area contributed by atoms with Crippen LogP contribution in [0.25, 0.3) is 16.9 Å². The lowest BCUT2D eigenvalue weighted by Gasteiger charge is -2.23. The third-order valence-electron chi connectivity index (χ3n) is 6.63. The summed E-state index contributed by atoms with van der Waals surface area (Å²) in [6.07, 6.45) is 1.62. The molecule has 0 fully saturated rings. The van der Waals surface area contributed by atoms with Gasteiger partial charge in [-0.25, -0.2) is 9.48 Å². The molecular weight excluding hydrogens is 518 g/mol. The maximum absolute atomic E-state index is 13.4. The number of carbonyl (C=O) groups is 2. The third kappa shape index (κ3) is 7.45. The highest BCUT2D eigenvalue weighted by Gasteiger charge is 2.20. The zero-order valence-electron chi connectivity index (χ0n) is 24.2. The van der Waals surface area contributed by atoms with E-state index in [0.29, 0.717) is 29.5 Å². The van der Waals surface area contributed by atoms with Crippen molar-refractivity contribution in [2.45, 2.75) is 33.6 Å². The second-order valence-electron chi connectivity index (χ2n) is 9.84. The van der Waals surface area contributed by atoms with Gasteiger partial charge in [0.2, 0.25) is 5.91 Å². The number of unbranched alkanes of at least 4 members (excludes halogenated alkanes) is 1. The molecule has 3 amide bonds. The van der Waals surface area contributed by atoms with Crippen LogP contribution in [-0.2, 0) is 4.79 Å². The average Bonchev–Trinajstić information content (AvgIpc) is 3.38. The van der Waals surface area contributed by atoms with Crippen LogP contribution in [-0.4, -0.2) is 53.9 Å². The van der Waals surface area contributed by atoms with Gasteiger partial charge in [-0.05, 0) is 31.9 Å². The van der Waals surface area contributed by atoms with Crippen LogP contribution in [0.3, 0.4) is 0 Å². The van der Waals surface area contributed by atoms with Crippen molar-refractivity contribution in [2.24, 2.45) is 0 Å². The second kappa shape index (κ2) is 13.5. The van der Waals surface area contributed by atoms with E-state index in [9.17, 15) is 9.59 Å². The summed E-state index contributed by atoms with van der Waals surface area (Å²) in [5, 5.41) is 10.7. The number of carbonyl (C=O) groups excluding carboxylic acids is 2. The molecule has 1 heterocycles. The van der Waals surface area contributed by atoms with E-state index in [1.54, 1.807) is 37.1 Å². The number of hydrogen-bond acceptors (Lipinski definition) is 5. The van der Waals surface area contributed by atoms with Crippen molar-refractivity contribution < 1.29 is 19.1 Å². The molecule has 0 aliphatic rings. The molecule has 0 saturated heterocycles. The van der Waals surface area contributed by atoms with E-state index in [1.807, 2.05) is 69.3 Å². The lowest BCUT2D eigenvalue weighted by atomic mass is 10.1. The topological polar surface area (TPSA) is 97.7 Å². The maximum atomic E-state index is 13.4. The highest BCUT2D eigenvalue weighted by atomic mass is 16.5. The van der Waals surface area contributed by atoms with E-state index >= 15 is 0 Å². The van der Waals surface area contributed by atoms with Crippen LogP contribution in [0.15, 0.2) is 72.8 Å². The Kier molecular flexibility index (Phi) is 9.63. The molecule has 214 valence electrons. The van der Waals surface area contributed by atoms with E-state index in [4.69, 9.17) is 14.6 Å². The first-order chi connectivity index (χ1) is 19.8. The van der Waals surface area contributed by atoms with Crippen LogP contribution in [0.2, 0.25) is 0 Å². The van der Waals surface area contributed by atoms with E-state index in [2.05, 4.69) is 16.7 Å². The standard InChI is InChI=1S/C32H37N5O4/c1-6-7-15-36(32(39)33-25-17-26(40-4)19-27(18-25)41-5)21-31(38)34-30-20-28(24-11-9-8-10-12-24)35-37(30)29-14-13-22(2)16-23(29)3/h8-14,16-20H,6-7,15,21H2,1-5H3,(H,33,39)(H,34,38). The molecule has 9 nitrogen and oxygen atoms in total. The molecule has 9 heteroatoms. The number of benzene rings is 3. The van der Waals surface area contributed by atoms with Gasteiger partial charge in [-0.15, -0.1) is 0 Å². The summed E-state index contributed by atoms with van der Waals surface area (Å²) in [7, 11) is 3.09. The van der Waals surface area contributed by atoms with Crippen LogP contribution in [0.4, 0.5) is 16.3 Å². The van der Waals surface area contributed by atoms with Gasteiger partial charge in [0, 0.05) is 42.1 Å². The number of hydrogen-bond donors (Lipinski definition) is 2. The summed E-state index contributed by atoms with van der Waals surface area (Å²) in [6.45, 7) is 6.38. The molecular formula is C32H37N5O4. The number of amides is 3. The number of aryl methyl sites for hydroxylation is 2. The Bertz CT molecular complexity index is 1480. The van der Waals surface area contributed by atoms with Gasteiger partial charge in [0.15, 0.2) is 0 Å². The van der Waals surface area contributed by atoms with Crippen LogP contribution < -0.4 is 20.1 Å². The van der Waals surface area contributed by atoms with E-state index < -0.39 is 6.03 Å². The first kappa shape index (κ1) is 29.2. The lowest BCUT2D eigenvalue weighted by Crippen LogP contribution is -2.41. The molecule has 0 radical (unpaired) electrons. The number of nitrogens with zero attached hydrogens (tertiary/aromatic N) is 3. The summed E-state index contributed by atoms with van der Waals surface area (Å²) in [5.74, 6) is 1.29. The highest BCUT2D eigenvalue weighted by molar-refractivity contribution is 5.97. The fraction of sp³-hybridized carbons (Fsp3) is 0.281. The van der Waals surface area contributed by atoms with Gasteiger partial charge in [0.05, 0.1) is 25.6 Å². The van der Waals surface area contributed by atoms with E-state index in [1.165, 1.54) is 4.90 Å². The molecule has 1 aromatic heterocycles. The fourth-order valence-electron chi connectivity index (χ4n) is 4.49.